The summed E-state index contributed by atoms with van der Waals surface area (Å²) in [6, 6.07) is 7.00. The Hall–Kier alpha value is -2.14. The van der Waals surface area contributed by atoms with Crippen LogP contribution in [0.3, 0.4) is 0 Å². The Kier molecular flexibility index (Phi) is 5.11. The fourth-order valence-electron chi connectivity index (χ4n) is 2.51. The number of methoxy groups -OCH3 is 1. The van der Waals surface area contributed by atoms with Gasteiger partial charge >= 0.3 is 5.97 Å². The Labute approximate surface area is 123 Å². The zero-order valence-electron chi connectivity index (χ0n) is 12.0. The van der Waals surface area contributed by atoms with E-state index in [0.29, 0.717) is 30.2 Å². The lowest BCUT2D eigenvalue weighted by atomic mass is 10.1. The molecule has 21 heavy (non-hydrogen) atoms. The molecule has 1 N–H and O–H groups in total. The molecule has 1 aliphatic rings. The summed E-state index contributed by atoms with van der Waals surface area (Å²) in [4.78, 5) is 24.8. The number of hydrogen-bond acceptors (Lipinski definition) is 3. The van der Waals surface area contributed by atoms with Gasteiger partial charge < -0.3 is 14.7 Å². The molecule has 5 heteroatoms. The Morgan fingerprint density at radius 2 is 2.29 bits per heavy atom. The second-order valence-electron chi connectivity index (χ2n) is 5.16. The molecule has 0 spiro atoms. The Morgan fingerprint density at radius 1 is 1.48 bits per heavy atom. The van der Waals surface area contributed by atoms with Crippen LogP contribution >= 0.6 is 0 Å². The molecule has 1 heterocycles. The van der Waals surface area contributed by atoms with E-state index >= 15 is 0 Å². The van der Waals surface area contributed by atoms with Crippen LogP contribution in [0.1, 0.15) is 22.3 Å². The first-order valence-corrected chi connectivity index (χ1v) is 6.89. The largest absolute Gasteiger partial charge is 0.478 e. The number of carbonyl (C=O) groups excluding carboxylic acids is 1. The molecule has 1 amide bonds. The lowest BCUT2D eigenvalue weighted by Gasteiger charge is -2.16. The second kappa shape index (κ2) is 7.04. The standard InChI is InChI=1S/C16H19NO4/c1-21-11-13-7-8-17(10-13)16(20)14-4-2-3-12(9-14)5-6-15(18)19/h2-6,9,13H,7-8,10-11H2,1H3,(H,18,19). The van der Waals surface area contributed by atoms with Gasteiger partial charge in [0, 0.05) is 37.8 Å². The molecule has 112 valence electrons. The minimum Gasteiger partial charge on any atom is -0.478 e. The van der Waals surface area contributed by atoms with Crippen molar-refractivity contribution in [3.05, 3.63) is 41.5 Å². The van der Waals surface area contributed by atoms with Crippen LogP contribution in [-0.4, -0.2) is 48.7 Å². The van der Waals surface area contributed by atoms with Crippen LogP contribution in [0, 0.1) is 5.92 Å². The molecule has 0 saturated carbocycles. The molecule has 2 rings (SSSR count). The van der Waals surface area contributed by atoms with Crippen molar-refractivity contribution in [2.45, 2.75) is 6.42 Å². The van der Waals surface area contributed by atoms with Crippen molar-refractivity contribution < 1.29 is 19.4 Å². The number of likely N-dealkylation sites (tertiary alicyclic amines) is 1. The van der Waals surface area contributed by atoms with Gasteiger partial charge in [-0.15, -0.1) is 0 Å². The smallest absolute Gasteiger partial charge is 0.328 e. The summed E-state index contributed by atoms with van der Waals surface area (Å²) in [5, 5.41) is 8.63. The number of amides is 1. The van der Waals surface area contributed by atoms with Gasteiger partial charge in [-0.3, -0.25) is 4.79 Å². The topological polar surface area (TPSA) is 66.8 Å². The van der Waals surface area contributed by atoms with E-state index in [1.165, 1.54) is 6.08 Å². The summed E-state index contributed by atoms with van der Waals surface area (Å²) in [7, 11) is 1.67. The third-order valence-electron chi connectivity index (χ3n) is 3.53. The van der Waals surface area contributed by atoms with Crippen molar-refractivity contribution in [1.29, 1.82) is 0 Å². The van der Waals surface area contributed by atoms with Gasteiger partial charge in [0.2, 0.25) is 0 Å². The molecule has 1 aromatic carbocycles. The van der Waals surface area contributed by atoms with E-state index in [1.807, 2.05) is 4.90 Å². The predicted molar refractivity (Wildman–Crippen MR) is 79.0 cm³/mol. The molecule has 0 aromatic heterocycles. The zero-order valence-corrected chi connectivity index (χ0v) is 12.0. The number of ether oxygens (including phenoxy) is 1. The highest BCUT2D eigenvalue weighted by molar-refractivity contribution is 5.95. The van der Waals surface area contributed by atoms with E-state index in [1.54, 1.807) is 31.4 Å². The third kappa shape index (κ3) is 4.16. The van der Waals surface area contributed by atoms with Crippen LogP contribution in [0.5, 0.6) is 0 Å². The van der Waals surface area contributed by atoms with Gasteiger partial charge in [-0.05, 0) is 30.2 Å². The highest BCUT2D eigenvalue weighted by Gasteiger charge is 2.26. The van der Waals surface area contributed by atoms with Gasteiger partial charge in [0.05, 0.1) is 6.61 Å². The molecular weight excluding hydrogens is 270 g/mol. The van der Waals surface area contributed by atoms with Crippen LogP contribution in [-0.2, 0) is 9.53 Å². The fourth-order valence-corrected chi connectivity index (χ4v) is 2.51. The number of carboxylic acids is 1. The van der Waals surface area contributed by atoms with Crippen molar-refractivity contribution >= 4 is 18.0 Å². The minimum atomic E-state index is -1.01. The number of nitrogens with zero attached hydrogens (tertiary/aromatic N) is 1. The van der Waals surface area contributed by atoms with E-state index in [0.717, 1.165) is 19.0 Å². The van der Waals surface area contributed by atoms with Crippen molar-refractivity contribution in [2.75, 3.05) is 26.8 Å². The average molecular weight is 289 g/mol. The number of rotatable bonds is 5. The Balaban J connectivity index is 2.06. The maximum absolute atomic E-state index is 12.4. The quantitative estimate of drug-likeness (QED) is 0.841. The summed E-state index contributed by atoms with van der Waals surface area (Å²) in [5.41, 5.74) is 1.29. The molecule has 0 aliphatic carbocycles. The van der Waals surface area contributed by atoms with Gasteiger partial charge in [-0.2, -0.15) is 0 Å². The summed E-state index contributed by atoms with van der Waals surface area (Å²) in [5.74, 6) is -0.623. The molecule has 1 aliphatic heterocycles. The molecule has 1 aromatic rings. The van der Waals surface area contributed by atoms with Gasteiger partial charge in [0.25, 0.3) is 5.91 Å². The molecule has 1 saturated heterocycles. The van der Waals surface area contributed by atoms with Crippen LogP contribution in [0.25, 0.3) is 6.08 Å². The fraction of sp³-hybridized carbons (Fsp3) is 0.375. The van der Waals surface area contributed by atoms with Crippen molar-refractivity contribution in [3.8, 4) is 0 Å². The molecule has 1 unspecified atom stereocenters. The molecule has 5 nitrogen and oxygen atoms in total. The lowest BCUT2D eigenvalue weighted by molar-refractivity contribution is -0.131. The Morgan fingerprint density at radius 3 is 3.00 bits per heavy atom. The number of carboxylic acid groups (broad SMARTS) is 1. The maximum Gasteiger partial charge on any atom is 0.328 e. The third-order valence-corrected chi connectivity index (χ3v) is 3.53. The number of aliphatic carboxylic acids is 1. The SMILES string of the molecule is COCC1CCN(C(=O)c2cccc(C=CC(=O)O)c2)C1. The van der Waals surface area contributed by atoms with Crippen LogP contribution in [0.15, 0.2) is 30.3 Å². The monoisotopic (exact) mass is 289 g/mol. The molecule has 0 bridgehead atoms. The first kappa shape index (κ1) is 15.3. The van der Waals surface area contributed by atoms with Crippen LogP contribution in [0.2, 0.25) is 0 Å². The van der Waals surface area contributed by atoms with Crippen molar-refractivity contribution in [2.24, 2.45) is 5.92 Å². The minimum absolute atomic E-state index is 0.0146. The van der Waals surface area contributed by atoms with Crippen LogP contribution < -0.4 is 0 Å². The van der Waals surface area contributed by atoms with E-state index in [2.05, 4.69) is 0 Å². The average Bonchev–Trinajstić information content (AvgIpc) is 2.94. The summed E-state index contributed by atoms with van der Waals surface area (Å²) in [6.07, 6.45) is 3.50. The van der Waals surface area contributed by atoms with Gasteiger partial charge in [-0.1, -0.05) is 12.1 Å². The maximum atomic E-state index is 12.4. The van der Waals surface area contributed by atoms with E-state index in [-0.39, 0.29) is 5.91 Å². The Bertz CT molecular complexity index is 553. The van der Waals surface area contributed by atoms with Gasteiger partial charge in [0.1, 0.15) is 0 Å². The highest BCUT2D eigenvalue weighted by atomic mass is 16.5. The normalized spacial score (nSPS) is 18.3. The number of carbonyl (C=O) groups is 2. The van der Waals surface area contributed by atoms with Crippen molar-refractivity contribution in [1.82, 2.24) is 4.90 Å². The summed E-state index contributed by atoms with van der Waals surface area (Å²) in [6.45, 7) is 2.12. The first-order valence-electron chi connectivity index (χ1n) is 6.89. The van der Waals surface area contributed by atoms with Crippen molar-refractivity contribution in [3.63, 3.8) is 0 Å². The van der Waals surface area contributed by atoms with Crippen LogP contribution in [0.4, 0.5) is 0 Å². The van der Waals surface area contributed by atoms with E-state index < -0.39 is 5.97 Å². The predicted octanol–water partition coefficient (Wildman–Crippen LogP) is 1.89. The second-order valence-corrected chi connectivity index (χ2v) is 5.16. The highest BCUT2D eigenvalue weighted by Crippen LogP contribution is 2.19. The van der Waals surface area contributed by atoms with E-state index in [4.69, 9.17) is 9.84 Å². The summed E-state index contributed by atoms with van der Waals surface area (Å²) >= 11 is 0. The molecule has 1 fully saturated rings. The number of benzene rings is 1. The van der Waals surface area contributed by atoms with E-state index in [9.17, 15) is 9.59 Å². The molecular formula is C16H19NO4. The zero-order chi connectivity index (χ0) is 15.2. The number of hydrogen-bond donors (Lipinski definition) is 1. The molecule has 1 atom stereocenters. The van der Waals surface area contributed by atoms with Gasteiger partial charge in [0.15, 0.2) is 0 Å². The van der Waals surface area contributed by atoms with Gasteiger partial charge in [-0.25, -0.2) is 4.79 Å². The molecule has 0 radical (unpaired) electrons. The summed E-state index contributed by atoms with van der Waals surface area (Å²) < 4.78 is 5.13. The first-order chi connectivity index (χ1) is 10.1. The lowest BCUT2D eigenvalue weighted by Crippen LogP contribution is -2.29.